The Balaban J connectivity index is 1.47. The van der Waals surface area contributed by atoms with E-state index in [0.29, 0.717) is 18.2 Å². The van der Waals surface area contributed by atoms with Crippen molar-refractivity contribution in [1.82, 2.24) is 20.4 Å². The molecule has 22 heavy (non-hydrogen) atoms. The second-order valence-electron chi connectivity index (χ2n) is 5.89. The van der Waals surface area contributed by atoms with E-state index < -0.39 is 0 Å². The topological polar surface area (TPSA) is 42.9 Å². The van der Waals surface area contributed by atoms with Crippen LogP contribution in [0, 0.1) is 5.82 Å². The molecule has 6 heteroatoms. The van der Waals surface area contributed by atoms with Gasteiger partial charge in [-0.15, -0.1) is 0 Å². The van der Waals surface area contributed by atoms with Gasteiger partial charge in [0, 0.05) is 64.5 Å². The van der Waals surface area contributed by atoms with Gasteiger partial charge in [-0.05, 0) is 6.07 Å². The lowest BCUT2D eigenvalue weighted by atomic mass is 10.1. The minimum Gasteiger partial charge on any atom is -0.355 e. The van der Waals surface area contributed by atoms with E-state index in [4.69, 9.17) is 0 Å². The number of halogens is 1. The largest absolute Gasteiger partial charge is 0.355 e. The van der Waals surface area contributed by atoms with Gasteiger partial charge < -0.3 is 10.6 Å². The Bertz CT molecular complexity index is 525. The van der Waals surface area contributed by atoms with Gasteiger partial charge in [-0.1, -0.05) is 18.2 Å². The molecule has 4 rings (SSSR count). The highest BCUT2D eigenvalue weighted by molar-refractivity contribution is 5.79. The van der Waals surface area contributed by atoms with Crippen molar-refractivity contribution in [3.05, 3.63) is 35.6 Å². The van der Waals surface area contributed by atoms with Crippen molar-refractivity contribution < 1.29 is 4.39 Å². The molecule has 0 radical (unpaired) electrons. The van der Waals surface area contributed by atoms with E-state index in [0.717, 1.165) is 32.1 Å². The van der Waals surface area contributed by atoms with Crippen molar-refractivity contribution in [2.75, 3.05) is 46.3 Å². The first kappa shape index (κ1) is 15.2. The Kier molecular flexibility index (Phi) is 4.90. The Morgan fingerprint density at radius 2 is 2.00 bits per heavy atom. The zero-order chi connectivity index (χ0) is 15.4. The minimum absolute atomic E-state index is 0.186. The monoisotopic (exact) mass is 305 g/mol. The highest BCUT2D eigenvalue weighted by Gasteiger charge is 2.31. The number of benzene rings is 1. The highest BCUT2D eigenvalue weighted by atomic mass is 19.1. The van der Waals surface area contributed by atoms with Gasteiger partial charge in [0.15, 0.2) is 5.96 Å². The SMILES string of the molecule is CN=C(NCc1ccccc1F)NCC1CN2CCN1CC2. The molecule has 1 aromatic carbocycles. The first-order valence-electron chi connectivity index (χ1n) is 7.90. The normalized spacial score (nSPS) is 27.7. The van der Waals surface area contributed by atoms with E-state index >= 15 is 0 Å². The first-order chi connectivity index (χ1) is 10.8. The van der Waals surface area contributed by atoms with Crippen molar-refractivity contribution in [2.24, 2.45) is 4.99 Å². The maximum Gasteiger partial charge on any atom is 0.191 e. The number of hydrogen-bond acceptors (Lipinski definition) is 3. The average Bonchev–Trinajstić information content (AvgIpc) is 2.57. The van der Waals surface area contributed by atoms with Crippen LogP contribution < -0.4 is 10.6 Å². The molecule has 2 bridgehead atoms. The van der Waals surface area contributed by atoms with E-state index in [1.807, 2.05) is 6.07 Å². The highest BCUT2D eigenvalue weighted by Crippen LogP contribution is 2.14. The summed E-state index contributed by atoms with van der Waals surface area (Å²) in [5, 5.41) is 6.54. The van der Waals surface area contributed by atoms with Gasteiger partial charge in [-0.3, -0.25) is 14.8 Å². The zero-order valence-electron chi connectivity index (χ0n) is 13.1. The van der Waals surface area contributed by atoms with E-state index in [1.165, 1.54) is 19.2 Å². The van der Waals surface area contributed by atoms with Crippen LogP contribution in [0.2, 0.25) is 0 Å². The Morgan fingerprint density at radius 3 is 2.64 bits per heavy atom. The van der Waals surface area contributed by atoms with Crippen LogP contribution in [0.4, 0.5) is 4.39 Å². The van der Waals surface area contributed by atoms with Crippen LogP contribution in [0.3, 0.4) is 0 Å². The molecule has 2 N–H and O–H groups in total. The van der Waals surface area contributed by atoms with Gasteiger partial charge in [-0.25, -0.2) is 4.39 Å². The molecule has 0 amide bonds. The molecule has 3 saturated heterocycles. The third-order valence-electron chi connectivity index (χ3n) is 4.53. The third kappa shape index (κ3) is 3.56. The average molecular weight is 305 g/mol. The number of fused-ring (bicyclic) bond motifs is 3. The quantitative estimate of drug-likeness (QED) is 0.628. The van der Waals surface area contributed by atoms with Crippen molar-refractivity contribution in [1.29, 1.82) is 0 Å². The molecule has 3 heterocycles. The van der Waals surface area contributed by atoms with E-state index in [2.05, 4.69) is 25.4 Å². The number of nitrogens with zero attached hydrogens (tertiary/aromatic N) is 3. The van der Waals surface area contributed by atoms with Gasteiger partial charge in [0.25, 0.3) is 0 Å². The standard InChI is InChI=1S/C16H24FN5/c1-18-16(19-10-13-4-2-3-5-15(13)17)20-11-14-12-21-6-8-22(14)9-7-21/h2-5,14H,6-12H2,1H3,(H2,18,19,20). The molecular weight excluding hydrogens is 281 g/mol. The summed E-state index contributed by atoms with van der Waals surface area (Å²) in [4.78, 5) is 9.27. The zero-order valence-corrected chi connectivity index (χ0v) is 13.1. The minimum atomic E-state index is -0.186. The summed E-state index contributed by atoms with van der Waals surface area (Å²) in [6.07, 6.45) is 0. The van der Waals surface area contributed by atoms with E-state index in [-0.39, 0.29) is 5.82 Å². The fourth-order valence-electron chi connectivity index (χ4n) is 3.17. The van der Waals surface area contributed by atoms with Crippen LogP contribution in [0.25, 0.3) is 0 Å². The van der Waals surface area contributed by atoms with E-state index in [9.17, 15) is 4.39 Å². The summed E-state index contributed by atoms with van der Waals surface area (Å²) in [5.41, 5.74) is 0.650. The van der Waals surface area contributed by atoms with Gasteiger partial charge in [0.2, 0.25) is 0 Å². The van der Waals surface area contributed by atoms with Crippen molar-refractivity contribution in [2.45, 2.75) is 12.6 Å². The lowest BCUT2D eigenvalue weighted by Gasteiger charge is -2.47. The molecule has 3 aliphatic rings. The fourth-order valence-corrected chi connectivity index (χ4v) is 3.17. The number of piperazine rings is 3. The number of rotatable bonds is 4. The molecule has 0 aromatic heterocycles. The van der Waals surface area contributed by atoms with Gasteiger partial charge in [0.1, 0.15) is 5.82 Å². The summed E-state index contributed by atoms with van der Waals surface area (Å²) in [6, 6.07) is 7.35. The van der Waals surface area contributed by atoms with Crippen LogP contribution in [-0.4, -0.2) is 68.1 Å². The maximum atomic E-state index is 13.6. The van der Waals surface area contributed by atoms with Gasteiger partial charge in [0.05, 0.1) is 0 Å². The lowest BCUT2D eigenvalue weighted by Crippen LogP contribution is -2.63. The third-order valence-corrected chi connectivity index (χ3v) is 4.53. The molecule has 120 valence electrons. The van der Waals surface area contributed by atoms with Crippen molar-refractivity contribution >= 4 is 5.96 Å². The van der Waals surface area contributed by atoms with Crippen molar-refractivity contribution in [3.63, 3.8) is 0 Å². The molecule has 1 atom stereocenters. The molecule has 0 saturated carbocycles. The Morgan fingerprint density at radius 1 is 1.23 bits per heavy atom. The summed E-state index contributed by atoms with van der Waals surface area (Å²) in [7, 11) is 1.74. The van der Waals surface area contributed by atoms with Gasteiger partial charge >= 0.3 is 0 Å². The molecule has 0 aliphatic carbocycles. The van der Waals surface area contributed by atoms with Gasteiger partial charge in [-0.2, -0.15) is 0 Å². The van der Waals surface area contributed by atoms with Crippen molar-refractivity contribution in [3.8, 4) is 0 Å². The number of hydrogen-bond donors (Lipinski definition) is 2. The molecular formula is C16H24FN5. The predicted molar refractivity (Wildman–Crippen MR) is 86.4 cm³/mol. The summed E-state index contributed by atoms with van der Waals surface area (Å²) in [5.74, 6) is 0.537. The van der Waals surface area contributed by atoms with Crippen LogP contribution in [0.1, 0.15) is 5.56 Å². The predicted octanol–water partition coefficient (Wildman–Crippen LogP) is 0.491. The Labute approximate surface area is 131 Å². The fraction of sp³-hybridized carbons (Fsp3) is 0.562. The van der Waals surface area contributed by atoms with E-state index in [1.54, 1.807) is 19.2 Å². The van der Waals surface area contributed by atoms with Crippen LogP contribution in [0.15, 0.2) is 29.3 Å². The lowest BCUT2D eigenvalue weighted by molar-refractivity contribution is 0.0154. The van der Waals surface area contributed by atoms with Crippen LogP contribution in [0.5, 0.6) is 0 Å². The number of aliphatic imine (C=N–C) groups is 1. The second-order valence-corrected chi connectivity index (χ2v) is 5.89. The smallest absolute Gasteiger partial charge is 0.191 e. The maximum absolute atomic E-state index is 13.6. The van der Waals surface area contributed by atoms with Crippen LogP contribution in [-0.2, 0) is 6.54 Å². The molecule has 5 nitrogen and oxygen atoms in total. The second kappa shape index (κ2) is 7.07. The molecule has 3 fully saturated rings. The molecule has 3 aliphatic heterocycles. The summed E-state index contributed by atoms with van der Waals surface area (Å²) < 4.78 is 13.6. The molecule has 1 aromatic rings. The summed E-state index contributed by atoms with van der Waals surface area (Å²) in [6.45, 7) is 7.13. The summed E-state index contributed by atoms with van der Waals surface area (Å²) >= 11 is 0. The first-order valence-corrected chi connectivity index (χ1v) is 7.90. The number of nitrogens with one attached hydrogen (secondary N) is 2. The van der Waals surface area contributed by atoms with Crippen LogP contribution >= 0.6 is 0 Å². The molecule has 1 unspecified atom stereocenters. The molecule has 0 spiro atoms. The Hall–Kier alpha value is -1.66. The number of guanidine groups is 1.